The monoisotopic (exact) mass is 451 g/mol. The molecule has 0 saturated carbocycles. The highest BCUT2D eigenvalue weighted by Gasteiger charge is 2.27. The molecule has 8 nitrogen and oxygen atoms in total. The van der Waals surface area contributed by atoms with Crippen LogP contribution in [0.25, 0.3) is 0 Å². The third-order valence-corrected chi connectivity index (χ3v) is 6.53. The highest BCUT2D eigenvalue weighted by Crippen LogP contribution is 2.40. The van der Waals surface area contributed by atoms with Crippen LogP contribution in [0.4, 0.5) is 0 Å². The van der Waals surface area contributed by atoms with Crippen LogP contribution in [-0.4, -0.2) is 64.0 Å². The van der Waals surface area contributed by atoms with E-state index in [1.807, 2.05) is 6.92 Å². The molecule has 2 rings (SSSR count). The highest BCUT2D eigenvalue weighted by molar-refractivity contribution is 7.89. The molecule has 2 aromatic rings. The van der Waals surface area contributed by atoms with Crippen molar-refractivity contribution < 1.29 is 32.8 Å². The lowest BCUT2D eigenvalue weighted by Crippen LogP contribution is -2.35. The predicted molar refractivity (Wildman–Crippen MR) is 117 cm³/mol. The number of aryl methyl sites for hydroxylation is 1. The summed E-state index contributed by atoms with van der Waals surface area (Å²) in [6.07, 6.45) is 1.81. The summed E-state index contributed by atoms with van der Waals surface area (Å²) < 4.78 is 43.5. The Kier molecular flexibility index (Phi) is 8.88. The number of rotatable bonds is 11. The molecule has 1 unspecified atom stereocenters. The van der Waals surface area contributed by atoms with Crippen LogP contribution in [0, 0.1) is 6.92 Å². The minimum absolute atomic E-state index is 0.0156. The number of hydrogen-bond acceptors (Lipinski definition) is 7. The van der Waals surface area contributed by atoms with Crippen LogP contribution in [0.5, 0.6) is 17.2 Å². The van der Waals surface area contributed by atoms with Crippen LogP contribution >= 0.6 is 0 Å². The molecule has 170 valence electrons. The number of methoxy groups -OCH3 is 3. The summed E-state index contributed by atoms with van der Waals surface area (Å²) in [5.41, 5.74) is 1.34. The molecule has 0 amide bonds. The molecule has 0 bridgehead atoms. The molecule has 0 saturated heterocycles. The second kappa shape index (κ2) is 11.1. The second-order valence-electron chi connectivity index (χ2n) is 6.76. The van der Waals surface area contributed by atoms with E-state index in [1.54, 1.807) is 24.3 Å². The van der Waals surface area contributed by atoms with E-state index >= 15 is 0 Å². The molecule has 0 spiro atoms. The molecule has 2 aromatic carbocycles. The lowest BCUT2D eigenvalue weighted by molar-refractivity contribution is 0.150. The topological polar surface area (TPSA) is 106 Å². The SMILES string of the molecule is COc1cc(C(O)CN(C/C=C\CO)S(=O)(=O)c2ccc(C)cc2)cc(OC)c1OC. The average molecular weight is 452 g/mol. The maximum Gasteiger partial charge on any atom is 0.243 e. The second-order valence-corrected chi connectivity index (χ2v) is 8.70. The van der Waals surface area contributed by atoms with Crippen molar-refractivity contribution in [3.8, 4) is 17.2 Å². The van der Waals surface area contributed by atoms with Crippen molar-refractivity contribution in [3.05, 3.63) is 59.7 Å². The Morgan fingerprint density at radius 2 is 1.58 bits per heavy atom. The van der Waals surface area contributed by atoms with Crippen LogP contribution in [0.2, 0.25) is 0 Å². The summed E-state index contributed by atoms with van der Waals surface area (Å²) in [5.74, 6) is 1.07. The van der Waals surface area contributed by atoms with Gasteiger partial charge in [-0.25, -0.2) is 8.42 Å². The van der Waals surface area contributed by atoms with Gasteiger partial charge in [0, 0.05) is 13.1 Å². The van der Waals surface area contributed by atoms with E-state index in [-0.39, 0.29) is 24.6 Å². The van der Waals surface area contributed by atoms with E-state index in [0.717, 1.165) is 9.87 Å². The van der Waals surface area contributed by atoms with E-state index in [9.17, 15) is 13.5 Å². The standard InChI is InChI=1S/C22H29NO7S/c1-16-7-9-18(10-8-16)31(26,27)23(11-5-6-12-24)15-19(25)17-13-20(28-2)22(30-4)21(14-17)29-3/h5-10,13-14,19,24-25H,11-12,15H2,1-4H3/b6-5-. The number of hydrogen-bond donors (Lipinski definition) is 2. The number of aliphatic hydroxyl groups is 2. The average Bonchev–Trinajstić information content (AvgIpc) is 2.77. The molecule has 0 aliphatic carbocycles. The normalized spacial score (nSPS) is 12.9. The van der Waals surface area contributed by atoms with Crippen molar-refractivity contribution in [2.75, 3.05) is 41.0 Å². The van der Waals surface area contributed by atoms with Crippen molar-refractivity contribution >= 4 is 10.0 Å². The zero-order valence-electron chi connectivity index (χ0n) is 18.1. The Morgan fingerprint density at radius 1 is 1.00 bits per heavy atom. The lowest BCUT2D eigenvalue weighted by Gasteiger charge is -2.25. The summed E-state index contributed by atoms with van der Waals surface area (Å²) in [6.45, 7) is 1.42. The largest absolute Gasteiger partial charge is 0.493 e. The summed E-state index contributed by atoms with van der Waals surface area (Å²) in [5, 5.41) is 19.9. The van der Waals surface area contributed by atoms with Gasteiger partial charge in [-0.2, -0.15) is 4.31 Å². The molecule has 0 aliphatic rings. The number of aliphatic hydroxyl groups excluding tert-OH is 2. The van der Waals surface area contributed by atoms with Crippen LogP contribution in [0.15, 0.2) is 53.4 Å². The van der Waals surface area contributed by atoms with Gasteiger partial charge in [0.25, 0.3) is 0 Å². The van der Waals surface area contributed by atoms with Gasteiger partial charge in [0.15, 0.2) is 11.5 Å². The van der Waals surface area contributed by atoms with Gasteiger partial charge in [-0.1, -0.05) is 29.8 Å². The van der Waals surface area contributed by atoms with Gasteiger partial charge >= 0.3 is 0 Å². The molecule has 0 aliphatic heterocycles. The van der Waals surface area contributed by atoms with Gasteiger partial charge in [0.05, 0.1) is 38.9 Å². The molecular formula is C22H29NO7S. The molecule has 31 heavy (non-hydrogen) atoms. The first-order valence-corrected chi connectivity index (χ1v) is 11.0. The van der Waals surface area contributed by atoms with Gasteiger partial charge in [-0.05, 0) is 36.8 Å². The summed E-state index contributed by atoms with van der Waals surface area (Å²) >= 11 is 0. The van der Waals surface area contributed by atoms with Crippen LogP contribution < -0.4 is 14.2 Å². The van der Waals surface area contributed by atoms with E-state index in [2.05, 4.69) is 0 Å². The van der Waals surface area contributed by atoms with Crippen molar-refractivity contribution in [1.29, 1.82) is 0 Å². The van der Waals surface area contributed by atoms with Gasteiger partial charge in [0.1, 0.15) is 0 Å². The maximum absolute atomic E-state index is 13.2. The van der Waals surface area contributed by atoms with Crippen LogP contribution in [-0.2, 0) is 10.0 Å². The predicted octanol–water partition coefficient (Wildman–Crippen LogP) is 2.29. The Hall–Kier alpha value is -2.59. The zero-order valence-corrected chi connectivity index (χ0v) is 18.9. The van der Waals surface area contributed by atoms with E-state index in [4.69, 9.17) is 19.3 Å². The Labute approximate surface area is 183 Å². The molecule has 2 N–H and O–H groups in total. The summed E-state index contributed by atoms with van der Waals surface area (Å²) in [7, 11) is 0.499. The first-order valence-electron chi connectivity index (χ1n) is 9.59. The van der Waals surface area contributed by atoms with E-state index in [1.165, 1.54) is 45.6 Å². The first-order chi connectivity index (χ1) is 14.8. The van der Waals surface area contributed by atoms with Crippen LogP contribution in [0.3, 0.4) is 0 Å². The Bertz CT molecular complexity index is 962. The molecular weight excluding hydrogens is 422 g/mol. The molecule has 1 atom stereocenters. The zero-order chi connectivity index (χ0) is 23.0. The van der Waals surface area contributed by atoms with Gasteiger partial charge in [-0.15, -0.1) is 0 Å². The minimum Gasteiger partial charge on any atom is -0.493 e. The van der Waals surface area contributed by atoms with Crippen LogP contribution in [0.1, 0.15) is 17.2 Å². The number of benzene rings is 2. The third kappa shape index (κ3) is 5.98. The third-order valence-electron chi connectivity index (χ3n) is 4.69. The lowest BCUT2D eigenvalue weighted by atomic mass is 10.1. The molecule has 0 fully saturated rings. The Morgan fingerprint density at radius 3 is 2.06 bits per heavy atom. The summed E-state index contributed by atoms with van der Waals surface area (Å²) in [6, 6.07) is 9.63. The number of nitrogens with zero attached hydrogens (tertiary/aromatic N) is 1. The molecule has 0 heterocycles. The molecule has 0 radical (unpaired) electrons. The minimum atomic E-state index is -3.89. The first kappa shape index (κ1) is 24.7. The Balaban J connectivity index is 2.40. The van der Waals surface area contributed by atoms with Gasteiger partial charge in [-0.3, -0.25) is 0 Å². The number of sulfonamides is 1. The van der Waals surface area contributed by atoms with Gasteiger partial charge in [0.2, 0.25) is 15.8 Å². The van der Waals surface area contributed by atoms with E-state index in [0.29, 0.717) is 22.8 Å². The fraction of sp³-hybridized carbons (Fsp3) is 0.364. The number of ether oxygens (including phenoxy) is 3. The summed E-state index contributed by atoms with van der Waals surface area (Å²) in [4.78, 5) is 0.118. The van der Waals surface area contributed by atoms with Crippen molar-refractivity contribution in [2.24, 2.45) is 0 Å². The van der Waals surface area contributed by atoms with Crippen molar-refractivity contribution in [2.45, 2.75) is 17.9 Å². The molecule has 0 aromatic heterocycles. The quantitative estimate of drug-likeness (QED) is 0.505. The van der Waals surface area contributed by atoms with E-state index < -0.39 is 16.1 Å². The fourth-order valence-corrected chi connectivity index (χ4v) is 4.39. The fourth-order valence-electron chi connectivity index (χ4n) is 2.99. The smallest absolute Gasteiger partial charge is 0.243 e. The van der Waals surface area contributed by atoms with Crippen molar-refractivity contribution in [3.63, 3.8) is 0 Å². The van der Waals surface area contributed by atoms with Crippen molar-refractivity contribution in [1.82, 2.24) is 4.31 Å². The highest BCUT2D eigenvalue weighted by atomic mass is 32.2. The van der Waals surface area contributed by atoms with Gasteiger partial charge < -0.3 is 24.4 Å². The molecule has 9 heteroatoms. The maximum atomic E-state index is 13.2.